The molecule has 0 radical (unpaired) electrons. The van der Waals surface area contributed by atoms with Crippen molar-refractivity contribution in [2.45, 2.75) is 38.6 Å². The van der Waals surface area contributed by atoms with Crippen LogP contribution in [0.15, 0.2) is 18.2 Å². The van der Waals surface area contributed by atoms with Crippen LogP contribution in [0.1, 0.15) is 42.5 Å². The Kier molecular flexibility index (Phi) is 4.57. The second-order valence-corrected chi connectivity index (χ2v) is 4.80. The fourth-order valence-corrected chi connectivity index (χ4v) is 2.50. The third-order valence-electron chi connectivity index (χ3n) is 3.51. The number of likely N-dealkylation sites (N-methyl/N-ethyl adjacent to an activating group) is 1. The molecule has 2 heteroatoms. The molecule has 1 aromatic rings. The first-order chi connectivity index (χ1) is 8.35. The van der Waals surface area contributed by atoms with Crippen LogP contribution < -0.4 is 5.32 Å². The van der Waals surface area contributed by atoms with E-state index < -0.39 is 0 Å². The molecule has 0 fully saturated rings. The fraction of sp³-hybridized carbons (Fsp3) is 0.600. The zero-order valence-corrected chi connectivity index (χ0v) is 11.0. The van der Waals surface area contributed by atoms with Gasteiger partial charge in [0.25, 0.3) is 0 Å². The van der Waals surface area contributed by atoms with Gasteiger partial charge in [0.2, 0.25) is 0 Å². The van der Waals surface area contributed by atoms with Gasteiger partial charge >= 0.3 is 0 Å². The molecule has 17 heavy (non-hydrogen) atoms. The third-order valence-corrected chi connectivity index (χ3v) is 3.51. The predicted molar refractivity (Wildman–Crippen MR) is 71.4 cm³/mol. The lowest BCUT2D eigenvalue weighted by Gasteiger charge is -2.17. The number of hydrogen-bond acceptors (Lipinski definition) is 2. The number of fused-ring (bicyclic) bond motifs is 1. The van der Waals surface area contributed by atoms with E-state index in [2.05, 4.69) is 30.4 Å². The van der Waals surface area contributed by atoms with Gasteiger partial charge < -0.3 is 10.1 Å². The Balaban J connectivity index is 2.03. The fourth-order valence-electron chi connectivity index (χ4n) is 2.50. The lowest BCUT2D eigenvalue weighted by atomic mass is 10.0. The van der Waals surface area contributed by atoms with Gasteiger partial charge in [-0.1, -0.05) is 25.1 Å². The van der Waals surface area contributed by atoms with E-state index in [0.29, 0.717) is 6.04 Å². The minimum atomic E-state index is 0.326. The smallest absolute Gasteiger partial charge is 0.0661 e. The summed E-state index contributed by atoms with van der Waals surface area (Å²) < 4.78 is 5.65. The van der Waals surface area contributed by atoms with Crippen LogP contribution in [-0.4, -0.2) is 20.3 Å². The van der Waals surface area contributed by atoms with Crippen molar-refractivity contribution in [3.05, 3.63) is 34.9 Å². The van der Waals surface area contributed by atoms with Crippen molar-refractivity contribution >= 4 is 0 Å². The van der Waals surface area contributed by atoms with Crippen LogP contribution in [-0.2, 0) is 17.6 Å². The molecule has 1 aliphatic carbocycles. The van der Waals surface area contributed by atoms with Crippen LogP contribution in [0, 0.1) is 0 Å². The Bertz CT molecular complexity index is 362. The van der Waals surface area contributed by atoms with Crippen molar-refractivity contribution in [2.24, 2.45) is 0 Å². The van der Waals surface area contributed by atoms with Crippen LogP contribution in [0.3, 0.4) is 0 Å². The normalized spacial score (nSPS) is 15.9. The Morgan fingerprint density at radius 1 is 1.29 bits per heavy atom. The van der Waals surface area contributed by atoms with Crippen LogP contribution in [0.4, 0.5) is 0 Å². The van der Waals surface area contributed by atoms with E-state index in [0.717, 1.165) is 19.6 Å². The average molecular weight is 233 g/mol. The highest BCUT2D eigenvalue weighted by Gasteiger charge is 2.14. The first kappa shape index (κ1) is 12.6. The molecule has 0 heterocycles. The zero-order valence-electron chi connectivity index (χ0n) is 11.0. The highest BCUT2D eigenvalue weighted by molar-refractivity contribution is 5.36. The van der Waals surface area contributed by atoms with E-state index in [4.69, 9.17) is 4.74 Å². The second-order valence-electron chi connectivity index (χ2n) is 4.80. The second kappa shape index (κ2) is 6.18. The maximum absolute atomic E-state index is 5.65. The molecule has 1 atom stereocenters. The van der Waals surface area contributed by atoms with E-state index in [-0.39, 0.29) is 0 Å². The van der Waals surface area contributed by atoms with Gasteiger partial charge in [0.1, 0.15) is 0 Å². The molecule has 0 spiro atoms. The summed E-state index contributed by atoms with van der Waals surface area (Å²) in [5.41, 5.74) is 4.44. The van der Waals surface area contributed by atoms with Gasteiger partial charge in [0.15, 0.2) is 0 Å². The maximum atomic E-state index is 5.65. The van der Waals surface area contributed by atoms with Gasteiger partial charge in [-0.15, -0.1) is 0 Å². The van der Waals surface area contributed by atoms with E-state index in [1.54, 1.807) is 5.56 Å². The molecule has 0 saturated carbocycles. The van der Waals surface area contributed by atoms with E-state index in [9.17, 15) is 0 Å². The van der Waals surface area contributed by atoms with Gasteiger partial charge in [0, 0.05) is 6.61 Å². The molecular weight excluding hydrogens is 210 g/mol. The molecule has 94 valence electrons. The number of ether oxygens (including phenoxy) is 1. The minimum Gasteiger partial charge on any atom is -0.379 e. The summed E-state index contributed by atoms with van der Waals surface area (Å²) in [6, 6.07) is 7.23. The van der Waals surface area contributed by atoms with Crippen LogP contribution in [0.2, 0.25) is 0 Å². The van der Waals surface area contributed by atoms with Crippen molar-refractivity contribution in [3.8, 4) is 0 Å². The standard InChI is InChI=1S/C15H23NO/c1-3-9-17-11-15(16-2)14-8-7-12-5-4-6-13(12)10-14/h7-8,10,15-16H,3-6,9,11H2,1-2H3. The molecule has 1 aliphatic rings. The average Bonchev–Trinajstić information content (AvgIpc) is 2.82. The van der Waals surface area contributed by atoms with E-state index >= 15 is 0 Å². The maximum Gasteiger partial charge on any atom is 0.0661 e. The quantitative estimate of drug-likeness (QED) is 0.763. The summed E-state index contributed by atoms with van der Waals surface area (Å²) in [6.07, 6.45) is 4.90. The summed E-state index contributed by atoms with van der Waals surface area (Å²) in [6.45, 7) is 3.76. The number of nitrogens with one attached hydrogen (secondary N) is 1. The van der Waals surface area contributed by atoms with E-state index in [1.807, 2.05) is 7.05 Å². The monoisotopic (exact) mass is 233 g/mol. The van der Waals surface area contributed by atoms with Gasteiger partial charge in [0.05, 0.1) is 12.6 Å². The largest absolute Gasteiger partial charge is 0.379 e. The SMILES string of the molecule is CCCOCC(NC)c1ccc2c(c1)CCC2. The number of aryl methyl sites for hydroxylation is 2. The van der Waals surface area contributed by atoms with Crippen molar-refractivity contribution in [1.29, 1.82) is 0 Å². The molecule has 0 amide bonds. The molecule has 0 bridgehead atoms. The Morgan fingerprint density at radius 2 is 2.12 bits per heavy atom. The first-order valence-electron chi connectivity index (χ1n) is 6.72. The van der Waals surface area contributed by atoms with Crippen molar-refractivity contribution in [3.63, 3.8) is 0 Å². The first-order valence-corrected chi connectivity index (χ1v) is 6.72. The molecule has 2 nitrogen and oxygen atoms in total. The van der Waals surface area contributed by atoms with Crippen molar-refractivity contribution in [2.75, 3.05) is 20.3 Å². The Hall–Kier alpha value is -0.860. The summed E-state index contributed by atoms with van der Waals surface area (Å²) in [5, 5.41) is 3.34. The molecule has 1 unspecified atom stereocenters. The zero-order chi connectivity index (χ0) is 12.1. The summed E-state index contributed by atoms with van der Waals surface area (Å²) in [4.78, 5) is 0. The van der Waals surface area contributed by atoms with Gasteiger partial charge in [-0.3, -0.25) is 0 Å². The molecule has 0 aromatic heterocycles. The topological polar surface area (TPSA) is 21.3 Å². The number of hydrogen-bond donors (Lipinski definition) is 1. The molecule has 0 aliphatic heterocycles. The van der Waals surface area contributed by atoms with Gasteiger partial charge in [-0.05, 0) is 49.4 Å². The molecular formula is C15H23NO. The van der Waals surface area contributed by atoms with Crippen LogP contribution in [0.5, 0.6) is 0 Å². The molecule has 1 aromatic carbocycles. The Morgan fingerprint density at radius 3 is 2.88 bits per heavy atom. The van der Waals surface area contributed by atoms with Crippen LogP contribution >= 0.6 is 0 Å². The van der Waals surface area contributed by atoms with Crippen LogP contribution in [0.25, 0.3) is 0 Å². The Labute approximate surface area is 104 Å². The van der Waals surface area contributed by atoms with E-state index in [1.165, 1.54) is 30.4 Å². The third kappa shape index (κ3) is 3.08. The molecule has 1 N–H and O–H groups in total. The summed E-state index contributed by atoms with van der Waals surface area (Å²) in [7, 11) is 2.01. The summed E-state index contributed by atoms with van der Waals surface area (Å²) in [5.74, 6) is 0. The number of benzene rings is 1. The minimum absolute atomic E-state index is 0.326. The van der Waals surface area contributed by atoms with Crippen molar-refractivity contribution in [1.82, 2.24) is 5.32 Å². The highest BCUT2D eigenvalue weighted by atomic mass is 16.5. The summed E-state index contributed by atoms with van der Waals surface area (Å²) >= 11 is 0. The number of rotatable bonds is 6. The lowest BCUT2D eigenvalue weighted by molar-refractivity contribution is 0.114. The molecule has 2 rings (SSSR count). The molecule has 0 saturated heterocycles. The van der Waals surface area contributed by atoms with Gasteiger partial charge in [-0.2, -0.15) is 0 Å². The predicted octanol–water partition coefficient (Wildman–Crippen LogP) is 2.86. The highest BCUT2D eigenvalue weighted by Crippen LogP contribution is 2.25. The van der Waals surface area contributed by atoms with Crippen molar-refractivity contribution < 1.29 is 4.74 Å². The lowest BCUT2D eigenvalue weighted by Crippen LogP contribution is -2.22. The van der Waals surface area contributed by atoms with Gasteiger partial charge in [-0.25, -0.2) is 0 Å².